The highest BCUT2D eigenvalue weighted by atomic mass is 32.2. The van der Waals surface area contributed by atoms with Gasteiger partial charge >= 0.3 is 0 Å². The molecule has 2 nitrogen and oxygen atoms in total. The van der Waals surface area contributed by atoms with E-state index in [4.69, 9.17) is 0 Å². The highest BCUT2D eigenvalue weighted by molar-refractivity contribution is 8.00. The second-order valence-corrected chi connectivity index (χ2v) is 3.47. The highest BCUT2D eigenvalue weighted by Gasteiger charge is 2.42. The largest absolute Gasteiger partial charge is 0.303 e. The number of β-lactam (4-membered cyclic amide) rings is 1. The van der Waals surface area contributed by atoms with Gasteiger partial charge in [0.05, 0.1) is 11.8 Å². The van der Waals surface area contributed by atoms with Crippen LogP contribution in [-0.2, 0) is 4.79 Å². The lowest BCUT2D eigenvalue weighted by Crippen LogP contribution is -2.45. The second kappa shape index (κ2) is 1.53. The van der Waals surface area contributed by atoms with Crippen LogP contribution in [0.15, 0.2) is 12.3 Å². The van der Waals surface area contributed by atoms with E-state index in [1.165, 1.54) is 0 Å². The Morgan fingerprint density at radius 2 is 2.56 bits per heavy atom. The number of hydrogen-bond acceptors (Lipinski definition) is 2. The Morgan fingerprint density at radius 3 is 3.00 bits per heavy atom. The van der Waals surface area contributed by atoms with Crippen molar-refractivity contribution < 1.29 is 4.79 Å². The SMILES string of the molecule is C=C1CSC2CC(=O)N12. The molecule has 0 saturated carbocycles. The van der Waals surface area contributed by atoms with E-state index < -0.39 is 0 Å². The molecule has 1 amide bonds. The lowest BCUT2D eigenvalue weighted by Gasteiger charge is -2.33. The number of thioether (sulfide) groups is 1. The van der Waals surface area contributed by atoms with Crippen molar-refractivity contribution in [3.63, 3.8) is 0 Å². The van der Waals surface area contributed by atoms with Gasteiger partial charge in [0.15, 0.2) is 0 Å². The van der Waals surface area contributed by atoms with Crippen molar-refractivity contribution in [2.24, 2.45) is 0 Å². The summed E-state index contributed by atoms with van der Waals surface area (Å²) < 4.78 is 0. The Morgan fingerprint density at radius 1 is 1.78 bits per heavy atom. The molecule has 0 N–H and O–H groups in total. The predicted octanol–water partition coefficient (Wildman–Crippen LogP) is 0.805. The first-order chi connectivity index (χ1) is 4.29. The molecule has 0 aromatic heterocycles. The third-order valence-corrected chi connectivity index (χ3v) is 2.95. The number of amides is 1. The lowest BCUT2D eigenvalue weighted by molar-refractivity contribution is -0.137. The van der Waals surface area contributed by atoms with Crippen molar-refractivity contribution in [1.29, 1.82) is 0 Å². The molecule has 3 heteroatoms. The van der Waals surface area contributed by atoms with Crippen molar-refractivity contribution >= 4 is 17.7 Å². The lowest BCUT2D eigenvalue weighted by atomic mass is 10.2. The smallest absolute Gasteiger partial charge is 0.230 e. The zero-order chi connectivity index (χ0) is 6.43. The molecule has 0 aliphatic carbocycles. The first-order valence-electron chi connectivity index (χ1n) is 2.90. The molecule has 48 valence electrons. The summed E-state index contributed by atoms with van der Waals surface area (Å²) in [5.41, 5.74) is 0.987. The predicted molar refractivity (Wildman–Crippen MR) is 36.8 cm³/mol. The van der Waals surface area contributed by atoms with Gasteiger partial charge in [-0.15, -0.1) is 11.8 Å². The Balaban J connectivity index is 2.23. The summed E-state index contributed by atoms with van der Waals surface area (Å²) in [6.45, 7) is 3.77. The monoisotopic (exact) mass is 141 g/mol. The molecule has 0 radical (unpaired) electrons. The molecule has 1 atom stereocenters. The first kappa shape index (κ1) is 5.35. The van der Waals surface area contributed by atoms with Gasteiger partial charge in [0.1, 0.15) is 0 Å². The van der Waals surface area contributed by atoms with Gasteiger partial charge in [-0.2, -0.15) is 0 Å². The molecule has 2 saturated heterocycles. The maximum Gasteiger partial charge on any atom is 0.230 e. The van der Waals surface area contributed by atoms with E-state index in [1.807, 2.05) is 11.8 Å². The molecule has 2 aliphatic rings. The zero-order valence-corrected chi connectivity index (χ0v) is 5.78. The van der Waals surface area contributed by atoms with Gasteiger partial charge in [-0.25, -0.2) is 0 Å². The van der Waals surface area contributed by atoms with Gasteiger partial charge in [-0.1, -0.05) is 6.58 Å². The van der Waals surface area contributed by atoms with E-state index in [1.54, 1.807) is 4.90 Å². The Labute approximate surface area is 57.9 Å². The van der Waals surface area contributed by atoms with Crippen molar-refractivity contribution in [3.05, 3.63) is 12.3 Å². The van der Waals surface area contributed by atoms with Crippen molar-refractivity contribution in [3.8, 4) is 0 Å². The van der Waals surface area contributed by atoms with Crippen LogP contribution in [0.3, 0.4) is 0 Å². The molecule has 0 aromatic rings. The number of fused-ring (bicyclic) bond motifs is 1. The molecular formula is C6H7NOS. The maximum absolute atomic E-state index is 10.8. The second-order valence-electron chi connectivity index (χ2n) is 2.30. The van der Waals surface area contributed by atoms with Crippen LogP contribution in [0, 0.1) is 0 Å². The summed E-state index contributed by atoms with van der Waals surface area (Å²) in [6.07, 6.45) is 0.726. The minimum atomic E-state index is 0.245. The average Bonchev–Trinajstić information content (AvgIpc) is 2.04. The average molecular weight is 141 g/mol. The van der Waals surface area contributed by atoms with Crippen LogP contribution in [0.1, 0.15) is 6.42 Å². The fraction of sp³-hybridized carbons (Fsp3) is 0.500. The van der Waals surface area contributed by atoms with E-state index in [9.17, 15) is 4.79 Å². The van der Waals surface area contributed by atoms with Crippen LogP contribution in [0.25, 0.3) is 0 Å². The van der Waals surface area contributed by atoms with E-state index in [2.05, 4.69) is 6.58 Å². The summed E-state index contributed by atoms with van der Waals surface area (Å²) in [5.74, 6) is 1.19. The van der Waals surface area contributed by atoms with Gasteiger partial charge in [0.2, 0.25) is 5.91 Å². The highest BCUT2D eigenvalue weighted by Crippen LogP contribution is 2.40. The molecule has 2 fully saturated rings. The Kier molecular flexibility index (Phi) is 0.913. The van der Waals surface area contributed by atoms with Crippen LogP contribution in [0.5, 0.6) is 0 Å². The van der Waals surface area contributed by atoms with Crippen LogP contribution >= 0.6 is 11.8 Å². The summed E-state index contributed by atoms with van der Waals surface area (Å²) >= 11 is 1.81. The molecule has 9 heavy (non-hydrogen) atoms. The zero-order valence-electron chi connectivity index (χ0n) is 4.96. The maximum atomic E-state index is 10.8. The van der Waals surface area contributed by atoms with Gasteiger partial charge in [0, 0.05) is 11.4 Å². The topological polar surface area (TPSA) is 20.3 Å². The van der Waals surface area contributed by atoms with Crippen molar-refractivity contribution in [1.82, 2.24) is 4.90 Å². The van der Waals surface area contributed by atoms with Crippen LogP contribution in [-0.4, -0.2) is 21.9 Å². The van der Waals surface area contributed by atoms with E-state index in [0.717, 1.165) is 17.9 Å². The van der Waals surface area contributed by atoms with Gasteiger partial charge in [-0.3, -0.25) is 4.79 Å². The van der Waals surface area contributed by atoms with Gasteiger partial charge in [0.25, 0.3) is 0 Å². The van der Waals surface area contributed by atoms with Gasteiger partial charge in [-0.05, 0) is 0 Å². The molecule has 0 spiro atoms. The number of carbonyl (C=O) groups is 1. The summed E-state index contributed by atoms with van der Waals surface area (Å²) in [6, 6.07) is 0. The summed E-state index contributed by atoms with van der Waals surface area (Å²) in [7, 11) is 0. The first-order valence-corrected chi connectivity index (χ1v) is 3.95. The number of rotatable bonds is 0. The van der Waals surface area contributed by atoms with E-state index in [0.29, 0.717) is 5.37 Å². The molecule has 0 aromatic carbocycles. The van der Waals surface area contributed by atoms with E-state index in [-0.39, 0.29) is 5.91 Å². The minimum absolute atomic E-state index is 0.245. The Hall–Kier alpha value is -0.440. The van der Waals surface area contributed by atoms with Gasteiger partial charge < -0.3 is 4.90 Å². The fourth-order valence-corrected chi connectivity index (χ4v) is 2.36. The fourth-order valence-electron chi connectivity index (χ4n) is 1.16. The number of hydrogen-bond donors (Lipinski definition) is 0. The normalized spacial score (nSPS) is 32.4. The number of nitrogens with zero attached hydrogens (tertiary/aromatic N) is 1. The molecule has 1 unspecified atom stereocenters. The molecule has 2 rings (SSSR count). The third-order valence-electron chi connectivity index (χ3n) is 1.69. The van der Waals surface area contributed by atoms with Crippen molar-refractivity contribution in [2.45, 2.75) is 11.8 Å². The number of carbonyl (C=O) groups excluding carboxylic acids is 1. The van der Waals surface area contributed by atoms with Crippen LogP contribution in [0.4, 0.5) is 0 Å². The van der Waals surface area contributed by atoms with Crippen LogP contribution in [0.2, 0.25) is 0 Å². The molecule has 0 bridgehead atoms. The van der Waals surface area contributed by atoms with Crippen LogP contribution < -0.4 is 0 Å². The standard InChI is InChI=1S/C6H7NOS/c1-4-3-9-6-2-5(8)7(4)6/h6H,1-3H2. The molecule has 2 heterocycles. The quantitative estimate of drug-likeness (QED) is 0.465. The summed E-state index contributed by atoms with van der Waals surface area (Å²) in [4.78, 5) is 12.6. The molecule has 2 aliphatic heterocycles. The minimum Gasteiger partial charge on any atom is -0.303 e. The van der Waals surface area contributed by atoms with Crippen molar-refractivity contribution in [2.75, 3.05) is 5.75 Å². The summed E-state index contributed by atoms with van der Waals surface area (Å²) in [5, 5.41) is 0.449. The Bertz CT molecular complexity index is 189. The van der Waals surface area contributed by atoms with E-state index >= 15 is 0 Å². The third kappa shape index (κ3) is 0.553. The molecular weight excluding hydrogens is 134 g/mol.